The van der Waals surface area contributed by atoms with Gasteiger partial charge in [0.1, 0.15) is 5.82 Å². The molecule has 0 bridgehead atoms. The van der Waals surface area contributed by atoms with Gasteiger partial charge in [-0.1, -0.05) is 0 Å². The van der Waals surface area contributed by atoms with Crippen LogP contribution in [0, 0.1) is 6.92 Å². The molecule has 5 heteroatoms. The zero-order chi connectivity index (χ0) is 7.68. The molecule has 1 aliphatic rings. The van der Waals surface area contributed by atoms with Gasteiger partial charge >= 0.3 is 0 Å². The normalized spacial score (nSPS) is 15.2. The summed E-state index contributed by atoms with van der Waals surface area (Å²) in [5.74, 6) is 1.53. The highest BCUT2D eigenvalue weighted by Crippen LogP contribution is 2.14. The van der Waals surface area contributed by atoms with Crippen LogP contribution >= 0.6 is 24.8 Å². The van der Waals surface area contributed by atoms with E-state index >= 15 is 0 Å². The van der Waals surface area contributed by atoms with Crippen molar-refractivity contribution >= 4 is 24.8 Å². The van der Waals surface area contributed by atoms with Crippen molar-refractivity contribution in [1.82, 2.24) is 15.3 Å². The van der Waals surface area contributed by atoms with Crippen LogP contribution in [-0.2, 0) is 0 Å². The Hall–Kier alpha value is -0.380. The van der Waals surface area contributed by atoms with E-state index in [0.717, 1.165) is 24.5 Å². The third-order valence-electron chi connectivity index (χ3n) is 1.95. The van der Waals surface area contributed by atoms with Crippen LogP contribution < -0.4 is 5.32 Å². The maximum atomic E-state index is 4.25. The second-order valence-electron chi connectivity index (χ2n) is 2.97. The molecule has 1 N–H and O–H groups in total. The van der Waals surface area contributed by atoms with Crippen LogP contribution in [-0.4, -0.2) is 23.1 Å². The zero-order valence-corrected chi connectivity index (χ0v) is 8.99. The van der Waals surface area contributed by atoms with Gasteiger partial charge in [-0.2, -0.15) is 0 Å². The highest BCUT2D eigenvalue weighted by molar-refractivity contribution is 5.85. The number of aromatic nitrogens is 2. The third kappa shape index (κ3) is 2.79. The fourth-order valence-corrected chi connectivity index (χ4v) is 1.08. The third-order valence-corrected chi connectivity index (χ3v) is 1.95. The maximum absolute atomic E-state index is 4.25. The number of aryl methyl sites for hydroxylation is 1. The average molecular weight is 222 g/mol. The van der Waals surface area contributed by atoms with Crippen LogP contribution in [0.5, 0.6) is 0 Å². The van der Waals surface area contributed by atoms with Crippen molar-refractivity contribution in [3.8, 4) is 0 Å². The number of rotatable bonds is 1. The van der Waals surface area contributed by atoms with Crippen LogP contribution in [0.15, 0.2) is 12.4 Å². The molecule has 0 atom stereocenters. The van der Waals surface area contributed by atoms with E-state index in [1.165, 1.54) is 0 Å². The Labute approximate surface area is 90.2 Å². The molecular weight excluding hydrogens is 209 g/mol. The first-order valence-electron chi connectivity index (χ1n) is 3.85. The zero-order valence-electron chi connectivity index (χ0n) is 7.36. The number of nitrogens with one attached hydrogen (secondary N) is 1. The van der Waals surface area contributed by atoms with Crippen molar-refractivity contribution in [3.63, 3.8) is 0 Å². The van der Waals surface area contributed by atoms with Gasteiger partial charge in [0.15, 0.2) is 0 Å². The van der Waals surface area contributed by atoms with Gasteiger partial charge in [0.2, 0.25) is 0 Å². The molecule has 0 aliphatic carbocycles. The van der Waals surface area contributed by atoms with Gasteiger partial charge in [-0.3, -0.25) is 0 Å². The van der Waals surface area contributed by atoms with Gasteiger partial charge in [-0.25, -0.2) is 9.97 Å². The Morgan fingerprint density at radius 3 is 2.15 bits per heavy atom. The van der Waals surface area contributed by atoms with Crippen LogP contribution in [0.25, 0.3) is 0 Å². The predicted molar refractivity (Wildman–Crippen MR) is 56.9 cm³/mol. The first kappa shape index (κ1) is 12.6. The molecule has 0 aromatic carbocycles. The van der Waals surface area contributed by atoms with Crippen molar-refractivity contribution in [3.05, 3.63) is 23.8 Å². The average Bonchev–Trinajstić information content (AvgIpc) is 1.90. The van der Waals surface area contributed by atoms with Gasteiger partial charge in [0.25, 0.3) is 0 Å². The molecule has 13 heavy (non-hydrogen) atoms. The number of hydrogen-bond acceptors (Lipinski definition) is 3. The molecule has 3 nitrogen and oxygen atoms in total. The van der Waals surface area contributed by atoms with Crippen molar-refractivity contribution in [2.45, 2.75) is 12.8 Å². The van der Waals surface area contributed by atoms with E-state index in [0.29, 0.717) is 5.92 Å². The molecule has 0 amide bonds. The minimum absolute atomic E-state index is 0. The fraction of sp³-hybridized carbons (Fsp3) is 0.500. The molecule has 0 radical (unpaired) electrons. The Kier molecular flexibility index (Phi) is 5.21. The lowest BCUT2D eigenvalue weighted by Crippen LogP contribution is -2.40. The summed E-state index contributed by atoms with van der Waals surface area (Å²) >= 11 is 0. The van der Waals surface area contributed by atoms with E-state index in [-0.39, 0.29) is 24.8 Å². The molecule has 0 spiro atoms. The predicted octanol–water partition coefficient (Wildman–Crippen LogP) is 1.32. The van der Waals surface area contributed by atoms with E-state index in [1.54, 1.807) is 0 Å². The first-order chi connectivity index (χ1) is 5.36. The van der Waals surface area contributed by atoms with Gasteiger partial charge in [0, 0.05) is 31.4 Å². The Morgan fingerprint density at radius 1 is 1.23 bits per heavy atom. The van der Waals surface area contributed by atoms with Crippen LogP contribution in [0.3, 0.4) is 0 Å². The molecule has 74 valence electrons. The van der Waals surface area contributed by atoms with E-state index in [4.69, 9.17) is 0 Å². The molecule has 2 rings (SSSR count). The largest absolute Gasteiger partial charge is 0.315 e. The number of halogens is 2. The van der Waals surface area contributed by atoms with Gasteiger partial charge in [-0.05, 0) is 12.5 Å². The highest BCUT2D eigenvalue weighted by atomic mass is 35.5. The molecule has 0 unspecified atom stereocenters. The summed E-state index contributed by atoms with van der Waals surface area (Å²) in [5.41, 5.74) is 1.13. The van der Waals surface area contributed by atoms with E-state index in [9.17, 15) is 0 Å². The summed E-state index contributed by atoms with van der Waals surface area (Å²) in [4.78, 5) is 8.50. The standard InChI is InChI=1S/C8H11N3.2ClH/c1-6-2-10-8(11-3-6)7-4-9-5-7;;/h2-3,7,9H,4-5H2,1H3;2*1H. The van der Waals surface area contributed by atoms with Gasteiger partial charge < -0.3 is 5.32 Å². The minimum atomic E-state index is 0. The monoisotopic (exact) mass is 221 g/mol. The lowest BCUT2D eigenvalue weighted by molar-refractivity contribution is 0.429. The second-order valence-corrected chi connectivity index (χ2v) is 2.97. The van der Waals surface area contributed by atoms with Gasteiger partial charge in [-0.15, -0.1) is 24.8 Å². The van der Waals surface area contributed by atoms with Crippen LogP contribution in [0.2, 0.25) is 0 Å². The molecule has 1 aromatic rings. The van der Waals surface area contributed by atoms with Crippen molar-refractivity contribution in [2.24, 2.45) is 0 Å². The van der Waals surface area contributed by atoms with Gasteiger partial charge in [0.05, 0.1) is 0 Å². The lowest BCUT2D eigenvalue weighted by Gasteiger charge is -2.25. The summed E-state index contributed by atoms with van der Waals surface area (Å²) in [6, 6.07) is 0. The smallest absolute Gasteiger partial charge is 0.133 e. The maximum Gasteiger partial charge on any atom is 0.133 e. The topological polar surface area (TPSA) is 37.8 Å². The Morgan fingerprint density at radius 2 is 1.77 bits per heavy atom. The number of nitrogens with zero attached hydrogens (tertiary/aromatic N) is 2. The van der Waals surface area contributed by atoms with E-state index in [2.05, 4.69) is 15.3 Å². The van der Waals surface area contributed by atoms with Crippen molar-refractivity contribution in [2.75, 3.05) is 13.1 Å². The fourth-order valence-electron chi connectivity index (χ4n) is 1.08. The minimum Gasteiger partial charge on any atom is -0.315 e. The first-order valence-corrected chi connectivity index (χ1v) is 3.85. The summed E-state index contributed by atoms with van der Waals surface area (Å²) in [7, 11) is 0. The summed E-state index contributed by atoms with van der Waals surface area (Å²) < 4.78 is 0. The van der Waals surface area contributed by atoms with Crippen LogP contribution in [0.4, 0.5) is 0 Å². The summed E-state index contributed by atoms with van der Waals surface area (Å²) in [6.45, 7) is 4.06. The lowest BCUT2D eigenvalue weighted by atomic mass is 10.0. The number of hydrogen-bond donors (Lipinski definition) is 1. The molecule has 2 heterocycles. The quantitative estimate of drug-likeness (QED) is 0.778. The van der Waals surface area contributed by atoms with Crippen molar-refractivity contribution < 1.29 is 0 Å². The van der Waals surface area contributed by atoms with Crippen molar-refractivity contribution in [1.29, 1.82) is 0 Å². The van der Waals surface area contributed by atoms with E-state index in [1.807, 2.05) is 19.3 Å². The highest BCUT2D eigenvalue weighted by Gasteiger charge is 2.20. The molecule has 0 saturated carbocycles. The Bertz CT molecular complexity index is 246. The SMILES string of the molecule is Cc1cnc(C2CNC2)nc1.Cl.Cl. The summed E-state index contributed by atoms with van der Waals surface area (Å²) in [5, 5.41) is 3.19. The molecule has 1 saturated heterocycles. The Balaban J connectivity index is 0.000000720. The van der Waals surface area contributed by atoms with Crippen LogP contribution in [0.1, 0.15) is 17.3 Å². The molecule has 1 aliphatic heterocycles. The molecular formula is C8H13Cl2N3. The molecule has 1 fully saturated rings. The van der Waals surface area contributed by atoms with E-state index < -0.39 is 0 Å². The molecule has 1 aromatic heterocycles. The summed E-state index contributed by atoms with van der Waals surface area (Å²) in [6.07, 6.45) is 3.75. The second kappa shape index (κ2) is 5.37.